The zero-order valence-electron chi connectivity index (χ0n) is 11.3. The van der Waals surface area contributed by atoms with E-state index in [9.17, 15) is 0 Å². The third kappa shape index (κ3) is 2.48. The van der Waals surface area contributed by atoms with Crippen LogP contribution in [0.5, 0.6) is 5.75 Å². The molecule has 102 valence electrons. The maximum atomic E-state index is 5.78. The normalized spacial score (nSPS) is 10.9. The van der Waals surface area contributed by atoms with Gasteiger partial charge in [-0.25, -0.2) is 9.97 Å². The Morgan fingerprint density at radius 2 is 2.10 bits per heavy atom. The molecule has 0 radical (unpaired) electrons. The van der Waals surface area contributed by atoms with Crippen molar-refractivity contribution in [2.45, 2.75) is 20.1 Å². The molecule has 1 aromatic carbocycles. The number of nitrogens with two attached hydrogens (primary N) is 1. The number of hydrogen-bond acceptors (Lipinski definition) is 4. The van der Waals surface area contributed by atoms with E-state index in [0.717, 1.165) is 28.3 Å². The molecule has 0 unspecified atom stereocenters. The van der Waals surface area contributed by atoms with Crippen molar-refractivity contribution < 1.29 is 4.74 Å². The van der Waals surface area contributed by atoms with Crippen LogP contribution in [0.2, 0.25) is 0 Å². The number of imidazole rings is 1. The lowest BCUT2D eigenvalue weighted by Gasteiger charge is -2.08. The number of fused-ring (bicyclic) bond motifs is 1. The number of hydrogen-bond donors (Lipinski definition) is 1. The van der Waals surface area contributed by atoms with Crippen LogP contribution >= 0.6 is 0 Å². The monoisotopic (exact) mass is 268 g/mol. The number of nitrogens with zero attached hydrogens (tertiary/aromatic N) is 3. The number of benzene rings is 1. The molecule has 2 heterocycles. The fourth-order valence-corrected chi connectivity index (χ4v) is 2.03. The van der Waals surface area contributed by atoms with Gasteiger partial charge in [-0.15, -0.1) is 0 Å². The van der Waals surface area contributed by atoms with E-state index in [0.29, 0.717) is 13.2 Å². The Balaban J connectivity index is 1.79. The van der Waals surface area contributed by atoms with E-state index in [1.165, 1.54) is 0 Å². The van der Waals surface area contributed by atoms with E-state index < -0.39 is 0 Å². The fourth-order valence-electron chi connectivity index (χ4n) is 2.03. The largest absolute Gasteiger partial charge is 0.487 e. The Labute approximate surface area is 117 Å². The molecule has 0 fully saturated rings. The Hall–Kier alpha value is -2.40. The molecule has 0 saturated heterocycles. The van der Waals surface area contributed by atoms with Gasteiger partial charge in [-0.2, -0.15) is 0 Å². The van der Waals surface area contributed by atoms with Crippen LogP contribution in [0.4, 0.5) is 0 Å². The quantitative estimate of drug-likeness (QED) is 0.786. The molecule has 0 amide bonds. The summed E-state index contributed by atoms with van der Waals surface area (Å²) in [5.74, 6) is 0.875. The van der Waals surface area contributed by atoms with E-state index in [1.54, 1.807) is 6.33 Å². The van der Waals surface area contributed by atoms with Gasteiger partial charge in [-0.3, -0.25) is 4.40 Å². The highest BCUT2D eigenvalue weighted by Crippen LogP contribution is 2.17. The summed E-state index contributed by atoms with van der Waals surface area (Å²) in [5, 5.41) is 0. The smallest absolute Gasteiger partial charge is 0.140 e. The first-order valence-electron chi connectivity index (χ1n) is 6.47. The minimum atomic E-state index is 0.423. The summed E-state index contributed by atoms with van der Waals surface area (Å²) in [6, 6.07) is 9.84. The van der Waals surface area contributed by atoms with Gasteiger partial charge in [0.05, 0.1) is 11.4 Å². The van der Waals surface area contributed by atoms with Gasteiger partial charge in [0.2, 0.25) is 0 Å². The summed E-state index contributed by atoms with van der Waals surface area (Å²) in [4.78, 5) is 8.76. The standard InChI is InChI=1S/C15H16N4O/c1-11-4-2-3-5-14(11)20-9-12-6-15-18-13(7-16)8-19(15)10-17-12/h2-6,8,10H,7,9,16H2,1H3. The molecule has 2 N–H and O–H groups in total. The highest BCUT2D eigenvalue weighted by atomic mass is 16.5. The number of rotatable bonds is 4. The first kappa shape index (κ1) is 12.6. The van der Waals surface area contributed by atoms with Crippen LogP contribution in [0.3, 0.4) is 0 Å². The van der Waals surface area contributed by atoms with E-state index in [2.05, 4.69) is 9.97 Å². The average molecular weight is 268 g/mol. The number of aromatic nitrogens is 3. The molecular weight excluding hydrogens is 252 g/mol. The summed E-state index contributed by atoms with van der Waals surface area (Å²) < 4.78 is 7.64. The predicted octanol–water partition coefficient (Wildman–Crippen LogP) is 2.08. The summed E-state index contributed by atoms with van der Waals surface area (Å²) in [5.41, 5.74) is 9.22. The van der Waals surface area contributed by atoms with E-state index in [-0.39, 0.29) is 0 Å². The van der Waals surface area contributed by atoms with Crippen LogP contribution in [0.1, 0.15) is 17.0 Å². The zero-order chi connectivity index (χ0) is 13.9. The molecule has 0 aliphatic rings. The van der Waals surface area contributed by atoms with Crippen LogP contribution in [0.25, 0.3) is 5.65 Å². The van der Waals surface area contributed by atoms with E-state index >= 15 is 0 Å². The van der Waals surface area contributed by atoms with Crippen molar-refractivity contribution in [3.63, 3.8) is 0 Å². The van der Waals surface area contributed by atoms with Crippen molar-refractivity contribution in [2.75, 3.05) is 0 Å². The van der Waals surface area contributed by atoms with Crippen molar-refractivity contribution in [3.05, 3.63) is 59.8 Å². The van der Waals surface area contributed by atoms with Gasteiger partial charge in [0.15, 0.2) is 0 Å². The molecule has 0 aliphatic heterocycles. The van der Waals surface area contributed by atoms with Crippen LogP contribution in [-0.4, -0.2) is 14.4 Å². The molecule has 20 heavy (non-hydrogen) atoms. The lowest BCUT2D eigenvalue weighted by Crippen LogP contribution is -2.00. The van der Waals surface area contributed by atoms with Gasteiger partial charge in [-0.05, 0) is 18.6 Å². The number of aryl methyl sites for hydroxylation is 1. The maximum absolute atomic E-state index is 5.78. The molecule has 5 heteroatoms. The number of para-hydroxylation sites is 1. The molecule has 5 nitrogen and oxygen atoms in total. The topological polar surface area (TPSA) is 65.4 Å². The van der Waals surface area contributed by atoms with Crippen molar-refractivity contribution >= 4 is 5.65 Å². The second kappa shape index (κ2) is 5.30. The van der Waals surface area contributed by atoms with Crippen LogP contribution in [0, 0.1) is 6.92 Å². The fraction of sp³-hybridized carbons (Fsp3) is 0.200. The van der Waals surface area contributed by atoms with Gasteiger partial charge >= 0.3 is 0 Å². The van der Waals surface area contributed by atoms with Gasteiger partial charge in [-0.1, -0.05) is 18.2 Å². The maximum Gasteiger partial charge on any atom is 0.140 e. The Bertz CT molecular complexity index is 736. The molecule has 0 atom stereocenters. The van der Waals surface area contributed by atoms with Crippen molar-refractivity contribution in [1.82, 2.24) is 14.4 Å². The Kier molecular flexibility index (Phi) is 3.35. The third-order valence-corrected chi connectivity index (χ3v) is 3.13. The second-order valence-electron chi connectivity index (χ2n) is 4.64. The predicted molar refractivity (Wildman–Crippen MR) is 76.4 cm³/mol. The van der Waals surface area contributed by atoms with E-state index in [1.807, 2.05) is 47.9 Å². The molecule has 3 rings (SSSR count). The molecule has 3 aromatic rings. The van der Waals surface area contributed by atoms with Gasteiger partial charge in [0, 0.05) is 18.8 Å². The summed E-state index contributed by atoms with van der Waals surface area (Å²) in [6.07, 6.45) is 3.62. The van der Waals surface area contributed by atoms with Crippen LogP contribution < -0.4 is 10.5 Å². The molecule has 0 spiro atoms. The lowest BCUT2D eigenvalue weighted by molar-refractivity contribution is 0.299. The lowest BCUT2D eigenvalue weighted by atomic mass is 10.2. The highest BCUT2D eigenvalue weighted by molar-refractivity contribution is 5.40. The van der Waals surface area contributed by atoms with Crippen molar-refractivity contribution in [3.8, 4) is 5.75 Å². The molecule has 0 bridgehead atoms. The SMILES string of the molecule is Cc1ccccc1OCc1cc2nc(CN)cn2cn1. The van der Waals surface area contributed by atoms with Crippen molar-refractivity contribution in [1.29, 1.82) is 0 Å². The third-order valence-electron chi connectivity index (χ3n) is 3.13. The Morgan fingerprint density at radius 1 is 1.25 bits per heavy atom. The molecule has 2 aromatic heterocycles. The molecule has 0 saturated carbocycles. The summed E-state index contributed by atoms with van der Waals surface area (Å²) >= 11 is 0. The van der Waals surface area contributed by atoms with Gasteiger partial charge in [0.25, 0.3) is 0 Å². The second-order valence-corrected chi connectivity index (χ2v) is 4.64. The summed E-state index contributed by atoms with van der Waals surface area (Å²) in [6.45, 7) is 2.87. The summed E-state index contributed by atoms with van der Waals surface area (Å²) in [7, 11) is 0. The van der Waals surface area contributed by atoms with Crippen LogP contribution in [-0.2, 0) is 13.2 Å². The first-order valence-corrected chi connectivity index (χ1v) is 6.47. The zero-order valence-corrected chi connectivity index (χ0v) is 11.3. The highest BCUT2D eigenvalue weighted by Gasteiger charge is 2.04. The van der Waals surface area contributed by atoms with E-state index in [4.69, 9.17) is 10.5 Å². The Morgan fingerprint density at radius 3 is 2.90 bits per heavy atom. The van der Waals surface area contributed by atoms with Gasteiger partial charge < -0.3 is 10.5 Å². The number of ether oxygens (including phenoxy) is 1. The molecular formula is C15H16N4O. The first-order chi connectivity index (χ1) is 9.76. The van der Waals surface area contributed by atoms with Gasteiger partial charge in [0.1, 0.15) is 24.3 Å². The minimum absolute atomic E-state index is 0.423. The average Bonchev–Trinajstić information content (AvgIpc) is 2.88. The molecule has 0 aliphatic carbocycles. The van der Waals surface area contributed by atoms with Crippen LogP contribution in [0.15, 0.2) is 42.9 Å². The minimum Gasteiger partial charge on any atom is -0.487 e. The van der Waals surface area contributed by atoms with Crippen molar-refractivity contribution in [2.24, 2.45) is 5.73 Å².